The first-order valence-electron chi connectivity index (χ1n) is 18.2. The molecule has 1 unspecified atom stereocenters. The standard InChI is InChI=1S/C49H31N3OS/c1-3-13-30(14-4-1)33-18-11-19-34(27-33)47-50-48(39-22-12-23-41-44(39)38-26-25-32-17-7-8-20-36(32)46(38)53-41)52-49(51-47)40-28-35(31-15-5-2-6-16-31)29-43-45(40)37-21-9-10-24-42(37)54-43/h1-29,47H,(H,50,51,52). The summed E-state index contributed by atoms with van der Waals surface area (Å²) in [6, 6.07) is 62.0. The van der Waals surface area contributed by atoms with Crippen LogP contribution in [0.4, 0.5) is 0 Å². The van der Waals surface area contributed by atoms with E-state index in [0.717, 1.165) is 77.5 Å². The summed E-state index contributed by atoms with van der Waals surface area (Å²) in [7, 11) is 0. The van der Waals surface area contributed by atoms with Gasteiger partial charge in [0.1, 0.15) is 23.2 Å². The van der Waals surface area contributed by atoms with E-state index < -0.39 is 6.17 Å². The van der Waals surface area contributed by atoms with Gasteiger partial charge in [0.15, 0.2) is 5.84 Å². The summed E-state index contributed by atoms with van der Waals surface area (Å²) >= 11 is 1.82. The normalized spacial score (nSPS) is 14.5. The van der Waals surface area contributed by atoms with Crippen molar-refractivity contribution < 1.29 is 4.42 Å². The molecular formula is C49H31N3OS. The Morgan fingerprint density at radius 1 is 0.500 bits per heavy atom. The summed E-state index contributed by atoms with van der Waals surface area (Å²) in [6.07, 6.45) is -0.397. The van der Waals surface area contributed by atoms with Gasteiger partial charge in [0.05, 0.1) is 0 Å². The van der Waals surface area contributed by atoms with Crippen molar-refractivity contribution in [3.8, 4) is 22.3 Å². The van der Waals surface area contributed by atoms with E-state index in [2.05, 4.69) is 181 Å². The third kappa shape index (κ3) is 5.05. The molecule has 5 heteroatoms. The second-order valence-electron chi connectivity index (χ2n) is 13.8. The molecule has 0 aliphatic carbocycles. The largest absolute Gasteiger partial charge is 0.455 e. The maximum Gasteiger partial charge on any atom is 0.160 e. The molecule has 0 saturated carbocycles. The van der Waals surface area contributed by atoms with Crippen LogP contribution in [0.3, 0.4) is 0 Å². The minimum atomic E-state index is -0.397. The van der Waals surface area contributed by atoms with Gasteiger partial charge in [-0.05, 0) is 69.6 Å². The first-order valence-corrected chi connectivity index (χ1v) is 19.0. The van der Waals surface area contributed by atoms with Crippen LogP contribution in [0.1, 0.15) is 22.9 Å². The van der Waals surface area contributed by atoms with Gasteiger partial charge in [-0.2, -0.15) is 0 Å². The number of furan rings is 1. The van der Waals surface area contributed by atoms with Gasteiger partial charge in [-0.3, -0.25) is 0 Å². The maximum atomic E-state index is 6.63. The number of fused-ring (bicyclic) bond motifs is 8. The lowest BCUT2D eigenvalue weighted by molar-refractivity contribution is 0.670. The van der Waals surface area contributed by atoms with Crippen molar-refractivity contribution in [1.82, 2.24) is 5.32 Å². The second kappa shape index (κ2) is 12.4. The number of hydrogen-bond donors (Lipinski definition) is 1. The van der Waals surface area contributed by atoms with E-state index in [4.69, 9.17) is 14.4 Å². The molecule has 54 heavy (non-hydrogen) atoms. The van der Waals surface area contributed by atoms with Crippen LogP contribution in [0.2, 0.25) is 0 Å². The Morgan fingerprint density at radius 3 is 2.07 bits per heavy atom. The van der Waals surface area contributed by atoms with Gasteiger partial charge >= 0.3 is 0 Å². The van der Waals surface area contributed by atoms with Crippen LogP contribution in [0.15, 0.2) is 190 Å². The van der Waals surface area contributed by atoms with Gasteiger partial charge in [-0.25, -0.2) is 9.98 Å². The molecule has 1 aliphatic rings. The molecule has 0 bridgehead atoms. The highest BCUT2D eigenvalue weighted by atomic mass is 32.1. The molecule has 1 atom stereocenters. The van der Waals surface area contributed by atoms with Gasteiger partial charge in [-0.15, -0.1) is 11.3 Å². The minimum absolute atomic E-state index is 0.397. The molecule has 1 N–H and O–H groups in total. The van der Waals surface area contributed by atoms with Gasteiger partial charge in [0, 0.05) is 47.5 Å². The van der Waals surface area contributed by atoms with Crippen molar-refractivity contribution in [1.29, 1.82) is 0 Å². The first-order chi connectivity index (χ1) is 26.7. The third-order valence-corrected chi connectivity index (χ3v) is 11.6. The number of hydrogen-bond acceptors (Lipinski definition) is 5. The van der Waals surface area contributed by atoms with Crippen LogP contribution in [-0.4, -0.2) is 11.7 Å². The topological polar surface area (TPSA) is 49.9 Å². The summed E-state index contributed by atoms with van der Waals surface area (Å²) in [6.45, 7) is 0. The van der Waals surface area contributed by atoms with Gasteiger partial charge < -0.3 is 9.73 Å². The van der Waals surface area contributed by atoms with E-state index in [1.807, 2.05) is 11.3 Å². The van der Waals surface area contributed by atoms with Gasteiger partial charge in [-0.1, -0.05) is 140 Å². The summed E-state index contributed by atoms with van der Waals surface area (Å²) in [5.41, 5.74) is 9.36. The van der Waals surface area contributed by atoms with Crippen molar-refractivity contribution in [2.75, 3.05) is 0 Å². The maximum absolute atomic E-state index is 6.63. The Bertz CT molecular complexity index is 3140. The molecule has 1 aliphatic heterocycles. The van der Waals surface area contributed by atoms with E-state index in [1.165, 1.54) is 20.2 Å². The van der Waals surface area contributed by atoms with Crippen LogP contribution < -0.4 is 5.32 Å². The van der Waals surface area contributed by atoms with E-state index >= 15 is 0 Å². The molecule has 4 nitrogen and oxygen atoms in total. The average molecular weight is 710 g/mol. The number of rotatable bonds is 5. The molecule has 0 radical (unpaired) electrons. The minimum Gasteiger partial charge on any atom is -0.455 e. The molecule has 10 aromatic rings. The molecule has 8 aromatic carbocycles. The molecule has 2 aromatic heterocycles. The number of nitrogens with zero attached hydrogens (tertiary/aromatic N) is 2. The SMILES string of the molecule is c1ccc(-c2cccc(C3N=C(c4cc(-c5ccccc5)cc5sc6ccccc6c45)N=C(c4cccc5oc6c7ccccc7ccc6c45)N3)c2)cc1. The van der Waals surface area contributed by atoms with Crippen molar-refractivity contribution in [2.45, 2.75) is 6.17 Å². The molecule has 11 rings (SSSR count). The molecule has 0 fully saturated rings. The van der Waals surface area contributed by atoms with E-state index in [1.54, 1.807) is 0 Å². The number of amidine groups is 2. The Morgan fingerprint density at radius 2 is 1.22 bits per heavy atom. The van der Waals surface area contributed by atoms with Crippen molar-refractivity contribution in [3.05, 3.63) is 193 Å². The van der Waals surface area contributed by atoms with Crippen molar-refractivity contribution in [2.24, 2.45) is 9.98 Å². The van der Waals surface area contributed by atoms with E-state index in [0.29, 0.717) is 5.84 Å². The Hall–Kier alpha value is -6.82. The van der Waals surface area contributed by atoms with Crippen LogP contribution in [0.5, 0.6) is 0 Å². The van der Waals surface area contributed by atoms with E-state index in [-0.39, 0.29) is 0 Å². The van der Waals surface area contributed by atoms with E-state index in [9.17, 15) is 0 Å². The molecule has 0 saturated heterocycles. The monoisotopic (exact) mass is 709 g/mol. The van der Waals surface area contributed by atoms with Crippen LogP contribution in [-0.2, 0) is 0 Å². The summed E-state index contributed by atoms with van der Waals surface area (Å²) in [5, 5.41) is 10.5. The summed E-state index contributed by atoms with van der Waals surface area (Å²) in [5.74, 6) is 1.45. The quantitative estimate of drug-likeness (QED) is 0.193. The number of benzene rings is 8. The molecule has 3 heterocycles. The lowest BCUT2D eigenvalue weighted by Gasteiger charge is -2.25. The predicted octanol–water partition coefficient (Wildman–Crippen LogP) is 12.9. The average Bonchev–Trinajstić information content (AvgIpc) is 3.83. The number of thiophene rings is 1. The van der Waals surface area contributed by atoms with Crippen molar-refractivity contribution in [3.63, 3.8) is 0 Å². The van der Waals surface area contributed by atoms with Gasteiger partial charge in [0.25, 0.3) is 0 Å². The highest BCUT2D eigenvalue weighted by molar-refractivity contribution is 7.26. The van der Waals surface area contributed by atoms with Crippen molar-refractivity contribution >= 4 is 75.9 Å². The van der Waals surface area contributed by atoms with Crippen LogP contribution in [0, 0.1) is 0 Å². The fourth-order valence-electron chi connectivity index (χ4n) is 7.97. The van der Waals surface area contributed by atoms with Gasteiger partial charge in [0.2, 0.25) is 0 Å². The zero-order chi connectivity index (χ0) is 35.6. The highest BCUT2D eigenvalue weighted by Gasteiger charge is 2.26. The lowest BCUT2D eigenvalue weighted by Crippen LogP contribution is -2.33. The lowest BCUT2D eigenvalue weighted by atomic mass is 9.97. The first kappa shape index (κ1) is 30.8. The predicted molar refractivity (Wildman–Crippen MR) is 227 cm³/mol. The second-order valence-corrected chi connectivity index (χ2v) is 14.8. The Kier molecular flexibility index (Phi) is 7.07. The summed E-state index contributed by atoms with van der Waals surface area (Å²) in [4.78, 5) is 10.9. The molecule has 0 spiro atoms. The smallest absolute Gasteiger partial charge is 0.160 e. The molecule has 254 valence electrons. The zero-order valence-corrected chi connectivity index (χ0v) is 29.8. The molecule has 0 amide bonds. The fraction of sp³-hybridized carbons (Fsp3) is 0.0204. The fourth-order valence-corrected chi connectivity index (χ4v) is 9.15. The zero-order valence-electron chi connectivity index (χ0n) is 29.0. The number of nitrogens with one attached hydrogen (secondary N) is 1. The number of aliphatic imine (C=N–C) groups is 2. The Labute approximate surface area is 315 Å². The highest BCUT2D eigenvalue weighted by Crippen LogP contribution is 2.41. The van der Waals surface area contributed by atoms with Crippen LogP contribution >= 0.6 is 11.3 Å². The molecular weight excluding hydrogens is 679 g/mol. The third-order valence-electron chi connectivity index (χ3n) is 10.5. The van der Waals surface area contributed by atoms with Crippen LogP contribution in [0.25, 0.3) is 75.1 Å². The summed E-state index contributed by atoms with van der Waals surface area (Å²) < 4.78 is 9.09. The Balaban J connectivity index is 1.17.